The maximum atomic E-state index is 12.8. The third-order valence-electron chi connectivity index (χ3n) is 5.41. The number of rotatable bonds is 5. The van der Waals surface area contributed by atoms with Crippen LogP contribution < -0.4 is 5.73 Å². The van der Waals surface area contributed by atoms with E-state index in [2.05, 4.69) is 6.92 Å². The van der Waals surface area contributed by atoms with Crippen molar-refractivity contribution in [2.24, 2.45) is 0 Å². The van der Waals surface area contributed by atoms with Crippen molar-refractivity contribution in [3.63, 3.8) is 0 Å². The van der Waals surface area contributed by atoms with Crippen molar-refractivity contribution in [3.05, 3.63) is 29.8 Å². The molecule has 0 spiro atoms. The molecule has 3 aromatic rings. The summed E-state index contributed by atoms with van der Waals surface area (Å²) in [7, 11) is 0. The number of nitrogen functional groups attached to an aromatic ring is 1. The van der Waals surface area contributed by atoms with E-state index in [0.29, 0.717) is 29.2 Å². The van der Waals surface area contributed by atoms with E-state index in [4.69, 9.17) is 20.4 Å². The van der Waals surface area contributed by atoms with Crippen LogP contribution in [0.3, 0.4) is 0 Å². The zero-order valence-corrected chi connectivity index (χ0v) is 15.8. The number of benzene rings is 1. The first kappa shape index (κ1) is 17.8. The van der Waals surface area contributed by atoms with Crippen LogP contribution in [-0.4, -0.2) is 27.1 Å². The van der Waals surface area contributed by atoms with E-state index in [1.54, 1.807) is 0 Å². The normalized spacial score (nSPS) is 15.4. The van der Waals surface area contributed by atoms with Crippen molar-refractivity contribution >= 4 is 34.0 Å². The predicted molar refractivity (Wildman–Crippen MR) is 107 cm³/mol. The lowest BCUT2D eigenvalue weighted by molar-refractivity contribution is 0.0503. The number of hydrogen-bond donors (Lipinski definition) is 1. The molecular weight excluding hydrogens is 340 g/mol. The lowest BCUT2D eigenvalue weighted by Gasteiger charge is -2.24. The molecule has 2 heterocycles. The summed E-state index contributed by atoms with van der Waals surface area (Å²) in [5.41, 5.74) is 9.68. The molecule has 0 radical (unpaired) electrons. The number of carbonyl (C=O) groups excluding carboxylic acids is 1. The van der Waals surface area contributed by atoms with Gasteiger partial charge in [0.25, 0.3) is 0 Å². The molecule has 0 saturated heterocycles. The van der Waals surface area contributed by atoms with Gasteiger partial charge in [-0.2, -0.15) is 0 Å². The second-order valence-corrected chi connectivity index (χ2v) is 7.30. The van der Waals surface area contributed by atoms with Gasteiger partial charge in [0.05, 0.1) is 17.6 Å². The van der Waals surface area contributed by atoms with Gasteiger partial charge >= 0.3 is 5.97 Å². The number of hydrogen-bond acceptors (Lipinski definition) is 5. The molecule has 6 nitrogen and oxygen atoms in total. The summed E-state index contributed by atoms with van der Waals surface area (Å²) in [6, 6.07) is 7.97. The Morgan fingerprint density at radius 2 is 1.89 bits per heavy atom. The van der Waals surface area contributed by atoms with Gasteiger partial charge in [-0.25, -0.2) is 14.8 Å². The van der Waals surface area contributed by atoms with Gasteiger partial charge in [-0.05, 0) is 31.4 Å². The summed E-state index contributed by atoms with van der Waals surface area (Å²) in [6.45, 7) is 2.46. The van der Waals surface area contributed by atoms with Crippen LogP contribution in [0.2, 0.25) is 0 Å². The fourth-order valence-electron chi connectivity index (χ4n) is 3.97. The van der Waals surface area contributed by atoms with Crippen molar-refractivity contribution in [3.8, 4) is 0 Å². The summed E-state index contributed by atoms with van der Waals surface area (Å²) >= 11 is 0. The van der Waals surface area contributed by atoms with Gasteiger partial charge in [0, 0.05) is 6.04 Å². The molecule has 0 amide bonds. The number of unbranched alkanes of at least 4 members (excludes halogenated alkanes) is 1. The minimum atomic E-state index is -0.398. The Hall–Kier alpha value is -2.63. The van der Waals surface area contributed by atoms with Crippen LogP contribution in [0.5, 0.6) is 0 Å². The number of para-hydroxylation sites is 2. The molecule has 142 valence electrons. The van der Waals surface area contributed by atoms with E-state index >= 15 is 0 Å². The van der Waals surface area contributed by atoms with Crippen molar-refractivity contribution in [1.29, 1.82) is 0 Å². The van der Waals surface area contributed by atoms with Crippen molar-refractivity contribution in [1.82, 2.24) is 14.5 Å². The monoisotopic (exact) mass is 366 g/mol. The Morgan fingerprint density at radius 3 is 2.59 bits per heavy atom. The lowest BCUT2D eigenvalue weighted by atomic mass is 9.95. The van der Waals surface area contributed by atoms with Gasteiger partial charge in [-0.15, -0.1) is 0 Å². The predicted octanol–water partition coefficient (Wildman–Crippen LogP) is 4.63. The number of nitrogens with zero attached hydrogens (tertiary/aromatic N) is 3. The molecule has 1 aromatic carbocycles. The number of anilines is 1. The fraction of sp³-hybridized carbons (Fsp3) is 0.476. The minimum Gasteiger partial charge on any atom is -0.462 e. The molecule has 1 aliphatic rings. The first-order valence-electron chi connectivity index (χ1n) is 9.94. The summed E-state index contributed by atoms with van der Waals surface area (Å²) in [5, 5.41) is 0. The third kappa shape index (κ3) is 3.24. The highest BCUT2D eigenvalue weighted by atomic mass is 16.5. The van der Waals surface area contributed by atoms with Crippen LogP contribution in [-0.2, 0) is 4.74 Å². The lowest BCUT2D eigenvalue weighted by Crippen LogP contribution is -2.16. The number of carbonyl (C=O) groups is 1. The van der Waals surface area contributed by atoms with Crippen LogP contribution in [0.1, 0.15) is 68.3 Å². The zero-order chi connectivity index (χ0) is 18.8. The van der Waals surface area contributed by atoms with Gasteiger partial charge in [0.15, 0.2) is 5.65 Å². The second kappa shape index (κ2) is 7.55. The molecule has 2 aromatic heterocycles. The summed E-state index contributed by atoms with van der Waals surface area (Å²) in [4.78, 5) is 22.4. The molecule has 1 aliphatic carbocycles. The largest absolute Gasteiger partial charge is 0.462 e. The standard InChI is InChI=1S/C21H26N4O2/c1-2-3-13-27-21(26)17-18-20(24-16-12-8-7-11-15(16)23-18)25(19(17)22)14-9-5-4-6-10-14/h7-8,11-12,14H,2-6,9-10,13,22H2,1H3. The number of aromatic nitrogens is 3. The molecule has 0 bridgehead atoms. The highest BCUT2D eigenvalue weighted by Gasteiger charge is 2.29. The van der Waals surface area contributed by atoms with Crippen molar-refractivity contribution < 1.29 is 9.53 Å². The first-order valence-corrected chi connectivity index (χ1v) is 9.94. The smallest absolute Gasteiger partial charge is 0.344 e. The molecule has 0 aliphatic heterocycles. The Labute approximate surface area is 158 Å². The fourth-order valence-corrected chi connectivity index (χ4v) is 3.97. The highest BCUT2D eigenvalue weighted by molar-refractivity contribution is 6.08. The molecule has 6 heteroatoms. The Morgan fingerprint density at radius 1 is 1.19 bits per heavy atom. The van der Waals surface area contributed by atoms with Gasteiger partial charge < -0.3 is 15.0 Å². The molecule has 27 heavy (non-hydrogen) atoms. The van der Waals surface area contributed by atoms with Crippen LogP contribution in [0.4, 0.5) is 5.82 Å². The summed E-state index contributed by atoms with van der Waals surface area (Å²) < 4.78 is 7.50. The van der Waals surface area contributed by atoms with Crippen molar-refractivity contribution in [2.45, 2.75) is 57.9 Å². The van der Waals surface area contributed by atoms with Crippen LogP contribution in [0.25, 0.3) is 22.2 Å². The number of nitrogens with two attached hydrogens (primary N) is 1. The van der Waals surface area contributed by atoms with Crippen LogP contribution in [0.15, 0.2) is 24.3 Å². The highest BCUT2D eigenvalue weighted by Crippen LogP contribution is 2.37. The minimum absolute atomic E-state index is 0.258. The van der Waals surface area contributed by atoms with Crippen LogP contribution >= 0.6 is 0 Å². The molecule has 0 atom stereocenters. The van der Waals surface area contributed by atoms with E-state index in [1.165, 1.54) is 19.3 Å². The van der Waals surface area contributed by atoms with Gasteiger partial charge in [-0.3, -0.25) is 0 Å². The number of fused-ring (bicyclic) bond motifs is 2. The Kier molecular flexibility index (Phi) is 4.97. The number of ether oxygens (including phenoxy) is 1. The topological polar surface area (TPSA) is 83.0 Å². The molecule has 4 rings (SSSR count). The first-order chi connectivity index (χ1) is 13.2. The maximum absolute atomic E-state index is 12.8. The molecule has 2 N–H and O–H groups in total. The Bertz CT molecular complexity index is 973. The van der Waals surface area contributed by atoms with E-state index in [-0.39, 0.29) is 6.04 Å². The number of esters is 1. The van der Waals surface area contributed by atoms with E-state index in [9.17, 15) is 4.79 Å². The summed E-state index contributed by atoms with van der Waals surface area (Å²) in [5.74, 6) is 0.0406. The van der Waals surface area contributed by atoms with Gasteiger partial charge in [0.2, 0.25) is 0 Å². The van der Waals surface area contributed by atoms with E-state index < -0.39 is 5.97 Å². The summed E-state index contributed by atoms with van der Waals surface area (Å²) in [6.07, 6.45) is 7.48. The quantitative estimate of drug-likeness (QED) is 0.526. The van der Waals surface area contributed by atoms with E-state index in [0.717, 1.165) is 36.7 Å². The SMILES string of the molecule is CCCCOC(=O)c1c(N)n(C2CCCCC2)c2nc3ccccc3nc12. The second-order valence-electron chi connectivity index (χ2n) is 7.30. The van der Waals surface area contributed by atoms with Gasteiger partial charge in [-0.1, -0.05) is 44.7 Å². The molecular formula is C21H26N4O2. The molecule has 1 fully saturated rings. The molecule has 1 saturated carbocycles. The maximum Gasteiger partial charge on any atom is 0.344 e. The third-order valence-corrected chi connectivity index (χ3v) is 5.41. The average Bonchev–Trinajstić information content (AvgIpc) is 2.97. The van der Waals surface area contributed by atoms with Crippen LogP contribution in [0, 0.1) is 0 Å². The average molecular weight is 366 g/mol. The van der Waals surface area contributed by atoms with Gasteiger partial charge in [0.1, 0.15) is 16.9 Å². The van der Waals surface area contributed by atoms with E-state index in [1.807, 2.05) is 28.8 Å². The Balaban J connectivity index is 1.88. The zero-order valence-electron chi connectivity index (χ0n) is 15.8. The molecule has 0 unspecified atom stereocenters. The van der Waals surface area contributed by atoms with Crippen molar-refractivity contribution in [2.75, 3.05) is 12.3 Å².